The van der Waals surface area contributed by atoms with Gasteiger partial charge in [-0.25, -0.2) is 9.79 Å². The van der Waals surface area contributed by atoms with Gasteiger partial charge in [-0.2, -0.15) is 0 Å². The molecule has 0 radical (unpaired) electrons. The summed E-state index contributed by atoms with van der Waals surface area (Å²) in [7, 11) is 1.49. The number of amides is 1. The Balaban J connectivity index is 1.69. The third-order valence-electron chi connectivity index (χ3n) is 5.22. The average Bonchev–Trinajstić information content (AvgIpc) is 3.13. The van der Waals surface area contributed by atoms with Crippen molar-refractivity contribution < 1.29 is 24.2 Å². The number of carbonyl (C=O) groups excluding carboxylic acids is 1. The van der Waals surface area contributed by atoms with Gasteiger partial charge in [0.1, 0.15) is 0 Å². The van der Waals surface area contributed by atoms with E-state index in [4.69, 9.17) is 19.6 Å². The van der Waals surface area contributed by atoms with Crippen molar-refractivity contribution in [1.82, 2.24) is 4.90 Å². The first-order valence-corrected chi connectivity index (χ1v) is 12.9. The van der Waals surface area contributed by atoms with E-state index in [9.17, 15) is 9.59 Å². The summed E-state index contributed by atoms with van der Waals surface area (Å²) in [5.74, 6) is -0.485. The number of aryl methyl sites for hydroxylation is 1. The van der Waals surface area contributed by atoms with Gasteiger partial charge in [0, 0.05) is 0 Å². The van der Waals surface area contributed by atoms with Crippen LogP contribution in [0, 0.1) is 10.5 Å². The number of hydrogen-bond acceptors (Lipinski definition) is 6. The molecule has 9 heteroatoms. The van der Waals surface area contributed by atoms with Crippen molar-refractivity contribution in [3.63, 3.8) is 0 Å². The van der Waals surface area contributed by atoms with Crippen molar-refractivity contribution in [2.45, 2.75) is 13.5 Å². The molecule has 1 aliphatic heterocycles. The summed E-state index contributed by atoms with van der Waals surface area (Å²) in [4.78, 5) is 31.4. The highest BCUT2D eigenvalue weighted by Crippen LogP contribution is 2.38. The van der Waals surface area contributed by atoms with E-state index >= 15 is 0 Å². The predicted molar refractivity (Wildman–Crippen MR) is 150 cm³/mol. The molecule has 4 rings (SSSR count). The lowest BCUT2D eigenvalue weighted by Gasteiger charge is -2.15. The van der Waals surface area contributed by atoms with Crippen molar-refractivity contribution in [1.29, 1.82) is 0 Å². The molecule has 1 amide bonds. The van der Waals surface area contributed by atoms with Gasteiger partial charge in [0.05, 0.1) is 27.8 Å². The summed E-state index contributed by atoms with van der Waals surface area (Å²) in [5.41, 5.74) is 3.63. The van der Waals surface area contributed by atoms with E-state index in [0.717, 1.165) is 22.4 Å². The summed E-state index contributed by atoms with van der Waals surface area (Å²) >= 11 is 3.37. The van der Waals surface area contributed by atoms with Crippen LogP contribution < -0.4 is 9.47 Å². The van der Waals surface area contributed by atoms with E-state index in [1.165, 1.54) is 18.9 Å². The minimum absolute atomic E-state index is 0.144. The maximum absolute atomic E-state index is 13.5. The first-order chi connectivity index (χ1) is 17.3. The topological polar surface area (TPSA) is 88.4 Å². The van der Waals surface area contributed by atoms with Crippen LogP contribution >= 0.6 is 34.4 Å². The lowest BCUT2D eigenvalue weighted by Crippen LogP contribution is -2.28. The van der Waals surface area contributed by atoms with E-state index in [-0.39, 0.29) is 5.91 Å². The molecule has 1 heterocycles. The van der Waals surface area contributed by atoms with Gasteiger partial charge in [0.15, 0.2) is 23.3 Å². The molecule has 1 fully saturated rings. The first kappa shape index (κ1) is 25.8. The molecule has 1 aliphatic rings. The number of hydrogen-bond donors (Lipinski definition) is 1. The van der Waals surface area contributed by atoms with Crippen molar-refractivity contribution in [3.8, 4) is 11.5 Å². The van der Waals surface area contributed by atoms with Crippen LogP contribution in [-0.2, 0) is 16.1 Å². The predicted octanol–water partition coefficient (Wildman–Crippen LogP) is 5.88. The van der Waals surface area contributed by atoms with Crippen LogP contribution in [0.5, 0.6) is 11.5 Å². The monoisotopic (exact) mass is 614 g/mol. The molecule has 184 valence electrons. The lowest BCUT2D eigenvalue weighted by molar-refractivity contribution is -0.139. The normalized spacial score (nSPS) is 15.5. The Bertz CT molecular complexity index is 1340. The van der Waals surface area contributed by atoms with E-state index in [1.807, 2.05) is 67.6 Å². The van der Waals surface area contributed by atoms with E-state index in [2.05, 4.69) is 22.6 Å². The molecule has 36 heavy (non-hydrogen) atoms. The number of benzene rings is 3. The molecule has 3 aromatic carbocycles. The zero-order valence-electron chi connectivity index (χ0n) is 19.6. The first-order valence-electron chi connectivity index (χ1n) is 11.0. The standard InChI is InChI=1S/C27H23IN2O5S/c1-17-8-10-20(11-9-17)29-27-30(15-18-6-4-3-5-7-18)26(33)23(36-27)14-19-12-21(28)25(22(13-19)34-2)35-16-24(31)32/h3-14H,15-16H2,1-2H3,(H,31,32)/b23-14+,29-27?. The fraction of sp³-hybridized carbons (Fsp3) is 0.148. The van der Waals surface area contributed by atoms with Crippen LogP contribution in [0.3, 0.4) is 0 Å². The average molecular weight is 614 g/mol. The van der Waals surface area contributed by atoms with Crippen molar-refractivity contribution in [2.24, 2.45) is 4.99 Å². The van der Waals surface area contributed by atoms with Gasteiger partial charge in [-0.1, -0.05) is 48.0 Å². The second kappa shape index (κ2) is 11.6. The molecule has 0 atom stereocenters. The summed E-state index contributed by atoms with van der Waals surface area (Å²) in [6, 6.07) is 21.2. The summed E-state index contributed by atoms with van der Waals surface area (Å²) in [5, 5.41) is 9.54. The number of aliphatic carboxylic acids is 1. The fourth-order valence-electron chi connectivity index (χ4n) is 3.47. The molecule has 0 bridgehead atoms. The summed E-state index contributed by atoms with van der Waals surface area (Å²) in [6.07, 6.45) is 1.79. The smallest absolute Gasteiger partial charge is 0.341 e. The number of ether oxygens (including phenoxy) is 2. The largest absolute Gasteiger partial charge is 0.493 e. The van der Waals surface area contributed by atoms with Crippen LogP contribution in [-0.4, -0.2) is 40.8 Å². The molecular weight excluding hydrogens is 591 g/mol. The molecule has 0 saturated carbocycles. The van der Waals surface area contributed by atoms with Crippen molar-refractivity contribution in [3.05, 3.63) is 91.9 Å². The van der Waals surface area contributed by atoms with Crippen LogP contribution in [0.4, 0.5) is 5.69 Å². The number of rotatable bonds is 8. The second-order valence-electron chi connectivity index (χ2n) is 7.93. The molecule has 1 N–H and O–H groups in total. The van der Waals surface area contributed by atoms with Gasteiger partial charge in [0.2, 0.25) is 0 Å². The summed E-state index contributed by atoms with van der Waals surface area (Å²) < 4.78 is 11.5. The molecule has 0 aliphatic carbocycles. The quantitative estimate of drug-likeness (QED) is 0.252. The lowest BCUT2D eigenvalue weighted by atomic mass is 10.1. The van der Waals surface area contributed by atoms with E-state index in [0.29, 0.717) is 31.7 Å². The van der Waals surface area contributed by atoms with Gasteiger partial charge in [-0.15, -0.1) is 0 Å². The number of amidine groups is 1. The number of thioether (sulfide) groups is 1. The molecule has 0 aromatic heterocycles. The summed E-state index contributed by atoms with van der Waals surface area (Å²) in [6.45, 7) is 1.94. The zero-order chi connectivity index (χ0) is 25.7. The molecule has 0 unspecified atom stereocenters. The number of carboxylic acid groups (broad SMARTS) is 1. The minimum Gasteiger partial charge on any atom is -0.493 e. The number of carbonyl (C=O) groups is 2. The number of methoxy groups -OCH3 is 1. The number of carboxylic acids is 1. The van der Waals surface area contributed by atoms with Gasteiger partial charge >= 0.3 is 5.97 Å². The number of halogens is 1. The molecule has 7 nitrogen and oxygen atoms in total. The third-order valence-corrected chi connectivity index (χ3v) is 7.03. The Hall–Kier alpha value is -3.31. The Morgan fingerprint density at radius 3 is 2.53 bits per heavy atom. The zero-order valence-corrected chi connectivity index (χ0v) is 22.6. The maximum Gasteiger partial charge on any atom is 0.341 e. The van der Waals surface area contributed by atoms with Gasteiger partial charge < -0.3 is 14.6 Å². The van der Waals surface area contributed by atoms with Crippen molar-refractivity contribution in [2.75, 3.05) is 13.7 Å². The molecular formula is C27H23IN2O5S. The SMILES string of the molecule is COc1cc(/C=C2/SC(=Nc3ccc(C)cc3)N(Cc3ccccc3)C2=O)cc(I)c1OCC(=O)O. The minimum atomic E-state index is -1.08. The highest BCUT2D eigenvalue weighted by molar-refractivity contribution is 14.1. The van der Waals surface area contributed by atoms with Crippen LogP contribution in [0.1, 0.15) is 16.7 Å². The Kier molecular flexibility index (Phi) is 8.32. The van der Waals surface area contributed by atoms with Gasteiger partial charge in [-0.3, -0.25) is 9.69 Å². The Morgan fingerprint density at radius 2 is 1.86 bits per heavy atom. The number of nitrogens with zero attached hydrogens (tertiary/aromatic N) is 2. The highest BCUT2D eigenvalue weighted by Gasteiger charge is 2.33. The number of aliphatic imine (C=N–C) groups is 1. The molecule has 1 saturated heterocycles. The Labute approximate surface area is 227 Å². The molecule has 0 spiro atoms. The van der Waals surface area contributed by atoms with Gasteiger partial charge in [0.25, 0.3) is 5.91 Å². The van der Waals surface area contributed by atoms with Gasteiger partial charge in [-0.05, 0) is 82.7 Å². The van der Waals surface area contributed by atoms with Crippen LogP contribution in [0.15, 0.2) is 76.6 Å². The Morgan fingerprint density at radius 1 is 1.14 bits per heavy atom. The van der Waals surface area contributed by atoms with Crippen molar-refractivity contribution >= 4 is 63.2 Å². The molecule has 3 aromatic rings. The highest BCUT2D eigenvalue weighted by atomic mass is 127. The third kappa shape index (κ3) is 6.27. The second-order valence-corrected chi connectivity index (χ2v) is 10.1. The fourth-order valence-corrected chi connectivity index (χ4v) is 5.25. The van der Waals surface area contributed by atoms with Crippen LogP contribution in [0.2, 0.25) is 0 Å². The van der Waals surface area contributed by atoms with Crippen LogP contribution in [0.25, 0.3) is 6.08 Å². The maximum atomic E-state index is 13.5. The van der Waals surface area contributed by atoms with E-state index < -0.39 is 12.6 Å². The van der Waals surface area contributed by atoms with E-state index in [1.54, 1.807) is 17.0 Å².